The Labute approximate surface area is 131 Å². The molecule has 0 saturated carbocycles. The highest BCUT2D eigenvalue weighted by Gasteiger charge is 2.17. The van der Waals surface area contributed by atoms with E-state index >= 15 is 0 Å². The molecular formula is C16H25N3O3. The fourth-order valence-electron chi connectivity index (χ4n) is 2.84. The van der Waals surface area contributed by atoms with E-state index in [-0.39, 0.29) is 17.0 Å². The number of nitrogens with zero attached hydrogens (tertiary/aromatic N) is 2. The minimum Gasteiger partial charge on any atom is -0.379 e. The lowest BCUT2D eigenvalue weighted by Gasteiger charge is -2.26. The van der Waals surface area contributed by atoms with Gasteiger partial charge in [-0.3, -0.25) is 14.5 Å². The zero-order valence-corrected chi connectivity index (χ0v) is 13.6. The van der Waals surface area contributed by atoms with E-state index in [0.717, 1.165) is 44.1 Å². The van der Waals surface area contributed by atoms with Gasteiger partial charge in [-0.1, -0.05) is 0 Å². The van der Waals surface area contributed by atoms with Crippen molar-refractivity contribution in [2.24, 2.45) is 0 Å². The lowest BCUT2D eigenvalue weighted by Crippen LogP contribution is -2.42. The van der Waals surface area contributed by atoms with E-state index in [0.29, 0.717) is 13.1 Å². The van der Waals surface area contributed by atoms with Gasteiger partial charge in [-0.15, -0.1) is 0 Å². The third kappa shape index (κ3) is 3.75. The lowest BCUT2D eigenvalue weighted by molar-refractivity contribution is 0.0383. The van der Waals surface area contributed by atoms with Crippen molar-refractivity contribution in [3.8, 4) is 0 Å². The molecular weight excluding hydrogens is 282 g/mol. The third-order valence-electron chi connectivity index (χ3n) is 4.07. The van der Waals surface area contributed by atoms with Crippen LogP contribution in [0.15, 0.2) is 10.9 Å². The second-order valence-electron chi connectivity index (χ2n) is 5.60. The number of amides is 1. The van der Waals surface area contributed by atoms with Crippen LogP contribution in [-0.4, -0.2) is 54.8 Å². The second-order valence-corrected chi connectivity index (χ2v) is 5.60. The lowest BCUT2D eigenvalue weighted by atomic mass is 10.1. The molecule has 6 heteroatoms. The van der Waals surface area contributed by atoms with Crippen LogP contribution in [0.2, 0.25) is 0 Å². The Balaban J connectivity index is 2.01. The molecule has 0 bridgehead atoms. The minimum absolute atomic E-state index is 0.205. The van der Waals surface area contributed by atoms with Crippen molar-refractivity contribution >= 4 is 5.91 Å². The first-order chi connectivity index (χ1) is 10.5. The summed E-state index contributed by atoms with van der Waals surface area (Å²) in [6.07, 6.45) is 0. The minimum atomic E-state index is -0.280. The highest BCUT2D eigenvalue weighted by atomic mass is 16.5. The van der Waals surface area contributed by atoms with Gasteiger partial charge in [0, 0.05) is 38.4 Å². The predicted molar refractivity (Wildman–Crippen MR) is 85.4 cm³/mol. The average molecular weight is 307 g/mol. The summed E-state index contributed by atoms with van der Waals surface area (Å²) in [7, 11) is 0. The van der Waals surface area contributed by atoms with Crippen molar-refractivity contribution in [1.29, 1.82) is 0 Å². The zero-order valence-electron chi connectivity index (χ0n) is 13.6. The molecule has 0 radical (unpaired) electrons. The maximum absolute atomic E-state index is 12.4. The molecule has 1 aliphatic rings. The molecule has 1 amide bonds. The maximum Gasteiger partial charge on any atom is 0.263 e. The summed E-state index contributed by atoms with van der Waals surface area (Å²) < 4.78 is 6.92. The number of ether oxygens (including phenoxy) is 1. The van der Waals surface area contributed by atoms with Gasteiger partial charge in [0.15, 0.2) is 0 Å². The van der Waals surface area contributed by atoms with Crippen LogP contribution in [0.4, 0.5) is 0 Å². The summed E-state index contributed by atoms with van der Waals surface area (Å²) in [6, 6.07) is 1.89. The normalized spacial score (nSPS) is 15.8. The highest BCUT2D eigenvalue weighted by molar-refractivity contribution is 5.95. The van der Waals surface area contributed by atoms with Gasteiger partial charge in [0.25, 0.3) is 11.5 Å². The van der Waals surface area contributed by atoms with E-state index in [1.54, 1.807) is 4.57 Å². The van der Waals surface area contributed by atoms with Gasteiger partial charge in [-0.25, -0.2) is 0 Å². The number of hydrogen-bond donors (Lipinski definition) is 1. The van der Waals surface area contributed by atoms with Gasteiger partial charge >= 0.3 is 0 Å². The number of carbonyl (C=O) groups is 1. The quantitative estimate of drug-likeness (QED) is 0.863. The third-order valence-corrected chi connectivity index (χ3v) is 4.07. The first-order valence-electron chi connectivity index (χ1n) is 7.84. The molecule has 0 atom stereocenters. The SMILES string of the molecule is CCn1c(C)cc(C)c(C(=O)NCCN2CCOCC2)c1=O. The molecule has 1 aliphatic heterocycles. The Morgan fingerprint density at radius 2 is 2.00 bits per heavy atom. The van der Waals surface area contributed by atoms with Crippen LogP contribution in [0.1, 0.15) is 28.5 Å². The molecule has 2 rings (SSSR count). The Hall–Kier alpha value is -1.66. The first-order valence-corrected chi connectivity index (χ1v) is 7.84. The van der Waals surface area contributed by atoms with Gasteiger partial charge in [0.1, 0.15) is 5.56 Å². The average Bonchev–Trinajstić information content (AvgIpc) is 2.48. The molecule has 1 fully saturated rings. The molecule has 6 nitrogen and oxygen atoms in total. The fraction of sp³-hybridized carbons (Fsp3) is 0.625. The molecule has 22 heavy (non-hydrogen) atoms. The van der Waals surface area contributed by atoms with Crippen molar-refractivity contribution in [1.82, 2.24) is 14.8 Å². The van der Waals surface area contributed by atoms with Crippen molar-refractivity contribution in [3.05, 3.63) is 33.2 Å². The van der Waals surface area contributed by atoms with E-state index in [1.165, 1.54) is 0 Å². The smallest absolute Gasteiger partial charge is 0.263 e. The Morgan fingerprint density at radius 1 is 1.32 bits per heavy atom. The van der Waals surface area contributed by atoms with Crippen LogP contribution >= 0.6 is 0 Å². The molecule has 1 saturated heterocycles. The van der Waals surface area contributed by atoms with E-state index in [9.17, 15) is 9.59 Å². The standard InChI is InChI=1S/C16H25N3O3/c1-4-19-13(3)11-12(2)14(16(19)21)15(20)17-5-6-18-7-9-22-10-8-18/h11H,4-10H2,1-3H3,(H,17,20). The highest BCUT2D eigenvalue weighted by Crippen LogP contribution is 2.06. The van der Waals surface area contributed by atoms with E-state index in [4.69, 9.17) is 4.74 Å². The zero-order chi connectivity index (χ0) is 16.1. The molecule has 1 aromatic rings. The van der Waals surface area contributed by atoms with Gasteiger partial charge in [0.2, 0.25) is 0 Å². The Morgan fingerprint density at radius 3 is 2.64 bits per heavy atom. The maximum atomic E-state index is 12.4. The number of hydrogen-bond acceptors (Lipinski definition) is 4. The molecule has 0 unspecified atom stereocenters. The van der Waals surface area contributed by atoms with E-state index in [2.05, 4.69) is 10.2 Å². The molecule has 1 N–H and O–H groups in total. The summed E-state index contributed by atoms with van der Waals surface area (Å²) in [5.41, 5.74) is 1.67. The summed E-state index contributed by atoms with van der Waals surface area (Å²) in [5.74, 6) is -0.280. The van der Waals surface area contributed by atoms with Crippen LogP contribution < -0.4 is 10.9 Å². The van der Waals surface area contributed by atoms with Crippen LogP contribution in [0, 0.1) is 13.8 Å². The van der Waals surface area contributed by atoms with Gasteiger partial charge < -0.3 is 14.6 Å². The molecule has 0 aromatic carbocycles. The monoisotopic (exact) mass is 307 g/mol. The predicted octanol–water partition coefficient (Wildman–Crippen LogP) is 0.547. The van der Waals surface area contributed by atoms with E-state index < -0.39 is 0 Å². The number of aryl methyl sites for hydroxylation is 2. The Kier molecular flexibility index (Phi) is 5.74. The van der Waals surface area contributed by atoms with Crippen LogP contribution in [0.25, 0.3) is 0 Å². The van der Waals surface area contributed by atoms with Crippen LogP contribution in [0.3, 0.4) is 0 Å². The van der Waals surface area contributed by atoms with Crippen molar-refractivity contribution in [2.45, 2.75) is 27.3 Å². The van der Waals surface area contributed by atoms with Crippen molar-refractivity contribution in [2.75, 3.05) is 39.4 Å². The van der Waals surface area contributed by atoms with Crippen LogP contribution in [-0.2, 0) is 11.3 Å². The second kappa shape index (κ2) is 7.56. The number of carbonyl (C=O) groups excluding carboxylic acids is 1. The van der Waals surface area contributed by atoms with Gasteiger partial charge in [-0.2, -0.15) is 0 Å². The first kappa shape index (κ1) is 16.7. The summed E-state index contributed by atoms with van der Waals surface area (Å²) in [4.78, 5) is 27.0. The van der Waals surface area contributed by atoms with Gasteiger partial charge in [0.05, 0.1) is 13.2 Å². The molecule has 0 aliphatic carbocycles. The number of pyridine rings is 1. The summed E-state index contributed by atoms with van der Waals surface area (Å²) in [6.45, 7) is 10.8. The van der Waals surface area contributed by atoms with Gasteiger partial charge in [-0.05, 0) is 32.4 Å². The van der Waals surface area contributed by atoms with Crippen molar-refractivity contribution < 1.29 is 9.53 Å². The fourth-order valence-corrected chi connectivity index (χ4v) is 2.84. The molecule has 122 valence electrons. The Bertz CT molecular complexity index is 589. The molecule has 1 aromatic heterocycles. The summed E-state index contributed by atoms with van der Waals surface area (Å²) in [5, 5.41) is 2.86. The van der Waals surface area contributed by atoms with E-state index in [1.807, 2.05) is 26.8 Å². The number of morpholine rings is 1. The topological polar surface area (TPSA) is 63.6 Å². The number of aromatic nitrogens is 1. The van der Waals surface area contributed by atoms with Crippen LogP contribution in [0.5, 0.6) is 0 Å². The largest absolute Gasteiger partial charge is 0.379 e. The summed E-state index contributed by atoms with van der Waals surface area (Å²) >= 11 is 0. The molecule has 0 spiro atoms. The number of rotatable bonds is 5. The molecule has 2 heterocycles. The number of nitrogens with one attached hydrogen (secondary N) is 1. The van der Waals surface area contributed by atoms with Crippen molar-refractivity contribution in [3.63, 3.8) is 0 Å².